The molecule has 7 heteroatoms. The molecule has 4 nitrogen and oxygen atoms in total. The minimum Gasteiger partial charge on any atom is -0.362 e. The van der Waals surface area contributed by atoms with Crippen molar-refractivity contribution in [2.24, 2.45) is 0 Å². The van der Waals surface area contributed by atoms with Crippen LogP contribution in [0.4, 0.5) is 0 Å². The number of hydrogen-bond acceptors (Lipinski definition) is 3. The van der Waals surface area contributed by atoms with E-state index in [2.05, 4.69) is 4.98 Å². The quantitative estimate of drug-likeness (QED) is 0.665. The van der Waals surface area contributed by atoms with E-state index in [1.54, 1.807) is 31.3 Å². The van der Waals surface area contributed by atoms with E-state index >= 15 is 0 Å². The van der Waals surface area contributed by atoms with E-state index in [0.29, 0.717) is 0 Å². The molecule has 0 aliphatic carbocycles. The average Bonchev–Trinajstić information content (AvgIpc) is 2.49. The Morgan fingerprint density at radius 2 is 2.21 bits per heavy atom. The van der Waals surface area contributed by atoms with Gasteiger partial charge < -0.3 is 4.98 Å². The van der Waals surface area contributed by atoms with Gasteiger partial charge in [0, 0.05) is 6.20 Å². The van der Waals surface area contributed by atoms with E-state index < -0.39 is 12.3 Å². The molecule has 1 aromatic rings. The molecule has 0 fully saturated rings. The SMILES string of the molecule is CN(C)C(OP(=O)(Cl)Cl)c1ccc[nH]1. The maximum atomic E-state index is 11.1. The molecule has 14 heavy (non-hydrogen) atoms. The number of halogens is 2. The van der Waals surface area contributed by atoms with Crippen LogP contribution in [-0.2, 0) is 9.09 Å². The third-order valence-corrected chi connectivity index (χ3v) is 2.50. The van der Waals surface area contributed by atoms with Crippen LogP contribution in [0, 0.1) is 0 Å². The summed E-state index contributed by atoms with van der Waals surface area (Å²) in [5.74, 6) is 0. The third kappa shape index (κ3) is 3.64. The molecular formula is C7H11Cl2N2O2P. The van der Waals surface area contributed by atoms with Gasteiger partial charge in [-0.3, -0.25) is 14.0 Å². The molecule has 0 aliphatic rings. The fourth-order valence-corrected chi connectivity index (χ4v) is 2.03. The van der Waals surface area contributed by atoms with Crippen molar-refractivity contribution in [2.45, 2.75) is 6.23 Å². The molecule has 1 rings (SSSR count). The Labute approximate surface area is 92.2 Å². The lowest BCUT2D eigenvalue weighted by molar-refractivity contribution is 0.0702. The van der Waals surface area contributed by atoms with Gasteiger partial charge in [0.05, 0.1) is 5.69 Å². The Hall–Kier alpha value is 0.01000. The van der Waals surface area contributed by atoms with Crippen molar-refractivity contribution in [2.75, 3.05) is 14.1 Å². The fraction of sp³-hybridized carbons (Fsp3) is 0.429. The molecule has 0 amide bonds. The Balaban J connectivity index is 2.81. The van der Waals surface area contributed by atoms with E-state index in [-0.39, 0.29) is 0 Å². The van der Waals surface area contributed by atoms with Crippen molar-refractivity contribution >= 4 is 28.6 Å². The minimum absolute atomic E-state index is 0.536. The summed E-state index contributed by atoms with van der Waals surface area (Å²) in [6, 6.07) is 3.61. The highest BCUT2D eigenvalue weighted by Crippen LogP contribution is 2.60. The van der Waals surface area contributed by atoms with Gasteiger partial charge in [0.25, 0.3) is 0 Å². The van der Waals surface area contributed by atoms with E-state index in [9.17, 15) is 4.57 Å². The van der Waals surface area contributed by atoms with Gasteiger partial charge in [-0.15, -0.1) is 0 Å². The minimum atomic E-state index is -3.53. The smallest absolute Gasteiger partial charge is 0.362 e. The zero-order chi connectivity index (χ0) is 10.8. The molecule has 1 N–H and O–H groups in total. The molecule has 0 saturated carbocycles. The highest BCUT2D eigenvalue weighted by molar-refractivity contribution is 8.05. The molecule has 0 saturated heterocycles. The molecule has 0 spiro atoms. The topological polar surface area (TPSA) is 45.3 Å². The lowest BCUT2D eigenvalue weighted by Gasteiger charge is -2.23. The number of H-pyrrole nitrogens is 1. The van der Waals surface area contributed by atoms with Crippen LogP contribution in [0.3, 0.4) is 0 Å². The van der Waals surface area contributed by atoms with Crippen LogP contribution in [-0.4, -0.2) is 24.0 Å². The monoisotopic (exact) mass is 256 g/mol. The van der Waals surface area contributed by atoms with E-state index in [0.717, 1.165) is 5.69 Å². The van der Waals surface area contributed by atoms with Crippen LogP contribution < -0.4 is 0 Å². The van der Waals surface area contributed by atoms with Gasteiger partial charge in [0.1, 0.15) is 0 Å². The summed E-state index contributed by atoms with van der Waals surface area (Å²) in [7, 11) is 3.55. The Kier molecular flexibility index (Phi) is 4.04. The first-order valence-electron chi connectivity index (χ1n) is 3.87. The van der Waals surface area contributed by atoms with Crippen LogP contribution in [0.25, 0.3) is 0 Å². The molecule has 0 aliphatic heterocycles. The van der Waals surface area contributed by atoms with Crippen molar-refractivity contribution < 1.29 is 9.09 Å². The van der Waals surface area contributed by atoms with Crippen LogP contribution >= 0.6 is 28.6 Å². The van der Waals surface area contributed by atoms with Crippen LogP contribution in [0.15, 0.2) is 18.3 Å². The highest BCUT2D eigenvalue weighted by Gasteiger charge is 2.25. The molecule has 0 radical (unpaired) electrons. The second-order valence-electron chi connectivity index (χ2n) is 2.96. The van der Waals surface area contributed by atoms with Gasteiger partial charge in [-0.25, -0.2) is 0 Å². The van der Waals surface area contributed by atoms with Crippen molar-refractivity contribution in [1.82, 2.24) is 9.88 Å². The first-order chi connectivity index (χ1) is 6.40. The van der Waals surface area contributed by atoms with Crippen LogP contribution in [0.2, 0.25) is 0 Å². The van der Waals surface area contributed by atoms with Gasteiger partial charge in [-0.2, -0.15) is 0 Å². The van der Waals surface area contributed by atoms with Gasteiger partial charge in [-0.05, 0) is 48.7 Å². The largest absolute Gasteiger partial charge is 0.381 e. The predicted octanol–water partition coefficient (Wildman–Crippen LogP) is 3.18. The first-order valence-corrected chi connectivity index (χ1v) is 7.31. The number of hydrogen-bond donors (Lipinski definition) is 1. The standard InChI is InChI=1S/C7H11Cl2N2O2P/c1-11(2)7(13-14(8,9)12)6-4-3-5-10-6/h3-5,7,10H,1-2H3. The summed E-state index contributed by atoms with van der Waals surface area (Å²) in [6.45, 7) is 0. The highest BCUT2D eigenvalue weighted by atomic mass is 35.9. The lowest BCUT2D eigenvalue weighted by atomic mass is 10.4. The summed E-state index contributed by atoms with van der Waals surface area (Å²) in [6.07, 6.45) is -2.33. The van der Waals surface area contributed by atoms with Crippen LogP contribution in [0.5, 0.6) is 0 Å². The zero-order valence-electron chi connectivity index (χ0n) is 7.78. The Bertz CT molecular complexity index is 322. The van der Waals surface area contributed by atoms with Gasteiger partial charge in [0.2, 0.25) is 0 Å². The second-order valence-corrected chi connectivity index (χ2v) is 7.19. The molecule has 1 atom stereocenters. The number of nitrogens with one attached hydrogen (secondary N) is 1. The molecule has 1 heterocycles. The van der Waals surface area contributed by atoms with E-state index in [1.165, 1.54) is 0 Å². The van der Waals surface area contributed by atoms with Gasteiger partial charge >= 0.3 is 6.07 Å². The molecule has 1 aromatic heterocycles. The van der Waals surface area contributed by atoms with Crippen molar-refractivity contribution in [3.05, 3.63) is 24.0 Å². The summed E-state index contributed by atoms with van der Waals surface area (Å²) < 4.78 is 16.1. The fourth-order valence-electron chi connectivity index (χ4n) is 1.04. The zero-order valence-corrected chi connectivity index (χ0v) is 10.2. The molecule has 1 unspecified atom stereocenters. The van der Waals surface area contributed by atoms with Crippen molar-refractivity contribution in [1.29, 1.82) is 0 Å². The summed E-state index contributed by atoms with van der Waals surface area (Å²) in [5.41, 5.74) is 0.747. The second kappa shape index (κ2) is 4.69. The van der Waals surface area contributed by atoms with E-state index in [4.69, 9.17) is 27.0 Å². The number of rotatable bonds is 4. The Morgan fingerprint density at radius 3 is 2.57 bits per heavy atom. The molecule has 0 bridgehead atoms. The number of aromatic nitrogens is 1. The predicted molar refractivity (Wildman–Crippen MR) is 57.6 cm³/mol. The van der Waals surface area contributed by atoms with Gasteiger partial charge in [-0.1, -0.05) is 0 Å². The normalized spacial score (nSPS) is 14.6. The first kappa shape index (κ1) is 12.1. The average molecular weight is 257 g/mol. The van der Waals surface area contributed by atoms with Gasteiger partial charge in [0.15, 0.2) is 6.23 Å². The number of nitrogens with zero attached hydrogens (tertiary/aromatic N) is 1. The van der Waals surface area contributed by atoms with Crippen LogP contribution in [0.1, 0.15) is 11.9 Å². The molecular weight excluding hydrogens is 246 g/mol. The molecule has 0 aromatic carbocycles. The lowest BCUT2D eigenvalue weighted by Crippen LogP contribution is -2.21. The van der Waals surface area contributed by atoms with Crippen molar-refractivity contribution in [3.8, 4) is 0 Å². The third-order valence-electron chi connectivity index (χ3n) is 1.58. The Morgan fingerprint density at radius 1 is 1.57 bits per heavy atom. The summed E-state index contributed by atoms with van der Waals surface area (Å²) >= 11 is 10.7. The maximum Gasteiger partial charge on any atom is 0.381 e. The summed E-state index contributed by atoms with van der Waals surface area (Å²) in [5, 5.41) is 0. The maximum absolute atomic E-state index is 11.1. The number of aromatic amines is 1. The van der Waals surface area contributed by atoms with Crippen molar-refractivity contribution in [3.63, 3.8) is 0 Å². The van der Waals surface area contributed by atoms with E-state index in [1.807, 2.05) is 6.07 Å². The molecule has 80 valence electrons. The summed E-state index contributed by atoms with van der Waals surface area (Å²) in [4.78, 5) is 4.65.